The van der Waals surface area contributed by atoms with E-state index in [-0.39, 0.29) is 22.0 Å². The molecule has 1 fully saturated rings. The van der Waals surface area contributed by atoms with Crippen LogP contribution in [0.4, 0.5) is 17.1 Å². The summed E-state index contributed by atoms with van der Waals surface area (Å²) in [6.45, 7) is 0.933. The van der Waals surface area contributed by atoms with Gasteiger partial charge in [0, 0.05) is 19.2 Å². The van der Waals surface area contributed by atoms with E-state index in [0.29, 0.717) is 5.69 Å². The lowest BCUT2D eigenvalue weighted by Gasteiger charge is -2.25. The predicted molar refractivity (Wildman–Crippen MR) is 138 cm³/mol. The fourth-order valence-corrected chi connectivity index (χ4v) is 5.31. The molecule has 1 atom stereocenters. The lowest BCUT2D eigenvalue weighted by Crippen LogP contribution is -2.38. The summed E-state index contributed by atoms with van der Waals surface area (Å²) in [5.74, 6) is -1.41. The van der Waals surface area contributed by atoms with Gasteiger partial charge in [0.2, 0.25) is 0 Å². The second kappa shape index (κ2) is 10.3. The van der Waals surface area contributed by atoms with Crippen molar-refractivity contribution in [3.63, 3.8) is 0 Å². The summed E-state index contributed by atoms with van der Waals surface area (Å²) < 4.78 is 27.7. The molecule has 0 aromatic heterocycles. The standard InChI is InChI=1S/C25H23N5O6S/c1-18-24(25(32)29(27(18)2)19-10-5-3-6-11-19)26-23(31)17-28(20-12-9-13-21(16-20)30(33)34)37(35,36)22-14-7-4-8-15-22/h3-16,18H,17H2,1-2H3. The van der Waals surface area contributed by atoms with Crippen molar-refractivity contribution in [1.82, 2.24) is 5.01 Å². The van der Waals surface area contributed by atoms with E-state index in [2.05, 4.69) is 4.99 Å². The smallest absolute Gasteiger partial charge is 0.270 e. The van der Waals surface area contributed by atoms with Crippen LogP contribution in [0, 0.1) is 10.1 Å². The molecule has 0 radical (unpaired) electrons. The lowest BCUT2D eigenvalue weighted by atomic mass is 10.2. The maximum Gasteiger partial charge on any atom is 0.289 e. The molecule has 37 heavy (non-hydrogen) atoms. The zero-order valence-electron chi connectivity index (χ0n) is 20.0. The number of nitrogens with zero attached hydrogens (tertiary/aromatic N) is 5. The van der Waals surface area contributed by atoms with Crippen LogP contribution in [0.25, 0.3) is 0 Å². The molecule has 0 aliphatic carbocycles. The topological polar surface area (TPSA) is 134 Å². The molecule has 0 N–H and O–H groups in total. The number of hydrazine groups is 1. The first kappa shape index (κ1) is 25.7. The number of amides is 2. The number of nitro groups is 1. The fourth-order valence-electron chi connectivity index (χ4n) is 3.88. The van der Waals surface area contributed by atoms with Crippen LogP contribution in [0.3, 0.4) is 0 Å². The van der Waals surface area contributed by atoms with Crippen LogP contribution in [0.1, 0.15) is 6.92 Å². The third kappa shape index (κ3) is 5.10. The number of carbonyl (C=O) groups is 2. The second-order valence-corrected chi connectivity index (χ2v) is 10.1. The number of carbonyl (C=O) groups excluding carboxylic acids is 2. The summed E-state index contributed by atoms with van der Waals surface area (Å²) in [6.07, 6.45) is 0. The normalized spacial score (nSPS) is 17.2. The van der Waals surface area contributed by atoms with Crippen molar-refractivity contribution < 1.29 is 22.9 Å². The Kier molecular flexibility index (Phi) is 7.14. The quantitative estimate of drug-likeness (QED) is 0.345. The SMILES string of the molecule is CC1C(=NC(=O)CN(c2cccc([N+](=O)[O-])c2)S(=O)(=O)c2ccccc2)C(=O)N(c2ccccc2)N1C. The number of para-hydroxylation sites is 1. The Labute approximate surface area is 213 Å². The first-order valence-corrected chi connectivity index (χ1v) is 12.6. The molecule has 12 heteroatoms. The molecule has 1 unspecified atom stereocenters. The van der Waals surface area contributed by atoms with Gasteiger partial charge in [0.25, 0.3) is 27.5 Å². The Bertz CT molecular complexity index is 1480. The molecule has 190 valence electrons. The molecule has 1 saturated heterocycles. The van der Waals surface area contributed by atoms with E-state index in [4.69, 9.17) is 0 Å². The average molecular weight is 522 g/mol. The summed E-state index contributed by atoms with van der Waals surface area (Å²) in [5, 5.41) is 14.3. The maximum absolute atomic E-state index is 13.5. The van der Waals surface area contributed by atoms with Crippen molar-refractivity contribution in [3.8, 4) is 0 Å². The minimum atomic E-state index is -4.30. The molecule has 3 aromatic carbocycles. The molecule has 0 bridgehead atoms. The van der Waals surface area contributed by atoms with Crippen molar-refractivity contribution >= 4 is 44.6 Å². The van der Waals surface area contributed by atoms with E-state index in [1.807, 2.05) is 6.07 Å². The average Bonchev–Trinajstić information content (AvgIpc) is 3.11. The van der Waals surface area contributed by atoms with Crippen LogP contribution in [-0.4, -0.2) is 55.5 Å². The molecular weight excluding hydrogens is 498 g/mol. The van der Waals surface area contributed by atoms with E-state index in [9.17, 15) is 28.1 Å². The third-order valence-electron chi connectivity index (χ3n) is 5.87. The van der Waals surface area contributed by atoms with Gasteiger partial charge in [-0.2, -0.15) is 0 Å². The Hall–Kier alpha value is -4.42. The zero-order chi connectivity index (χ0) is 26.7. The van der Waals surface area contributed by atoms with E-state index >= 15 is 0 Å². The minimum absolute atomic E-state index is 0.0487. The van der Waals surface area contributed by atoms with Crippen molar-refractivity contribution in [2.75, 3.05) is 22.9 Å². The van der Waals surface area contributed by atoms with Crippen LogP contribution in [-0.2, 0) is 19.6 Å². The lowest BCUT2D eigenvalue weighted by molar-refractivity contribution is -0.384. The number of benzene rings is 3. The summed E-state index contributed by atoms with van der Waals surface area (Å²) >= 11 is 0. The molecule has 0 saturated carbocycles. The van der Waals surface area contributed by atoms with Gasteiger partial charge in [-0.25, -0.2) is 23.4 Å². The first-order chi connectivity index (χ1) is 17.6. The van der Waals surface area contributed by atoms with E-state index in [1.165, 1.54) is 47.5 Å². The van der Waals surface area contributed by atoms with Gasteiger partial charge in [0.1, 0.15) is 12.3 Å². The largest absolute Gasteiger partial charge is 0.289 e. The van der Waals surface area contributed by atoms with Crippen LogP contribution >= 0.6 is 0 Å². The monoisotopic (exact) mass is 521 g/mol. The first-order valence-electron chi connectivity index (χ1n) is 11.2. The van der Waals surface area contributed by atoms with Gasteiger partial charge in [-0.1, -0.05) is 42.5 Å². The van der Waals surface area contributed by atoms with Gasteiger partial charge in [-0.05, 0) is 37.3 Å². The minimum Gasteiger partial charge on any atom is -0.270 e. The zero-order valence-corrected chi connectivity index (χ0v) is 20.8. The third-order valence-corrected chi connectivity index (χ3v) is 7.66. The van der Waals surface area contributed by atoms with E-state index in [1.54, 1.807) is 49.3 Å². The number of non-ortho nitro benzene ring substituents is 1. The highest BCUT2D eigenvalue weighted by Gasteiger charge is 2.40. The van der Waals surface area contributed by atoms with Gasteiger partial charge in [0.15, 0.2) is 0 Å². The molecular formula is C25H23N5O6S. The molecule has 3 aromatic rings. The predicted octanol–water partition coefficient (Wildman–Crippen LogP) is 3.04. The van der Waals surface area contributed by atoms with Crippen LogP contribution in [0.15, 0.2) is 94.8 Å². The summed E-state index contributed by atoms with van der Waals surface area (Å²) in [4.78, 5) is 40.8. The number of hydrogen-bond acceptors (Lipinski definition) is 7. The number of hydrogen-bond donors (Lipinski definition) is 0. The van der Waals surface area contributed by atoms with Gasteiger partial charge in [-0.15, -0.1) is 0 Å². The maximum atomic E-state index is 13.5. The summed E-state index contributed by atoms with van der Waals surface area (Å²) in [7, 11) is -2.62. The number of anilines is 2. The molecule has 1 aliphatic rings. The molecule has 2 amide bonds. The number of rotatable bonds is 7. The summed E-state index contributed by atoms with van der Waals surface area (Å²) in [5.41, 5.74) is 0.113. The van der Waals surface area contributed by atoms with Gasteiger partial charge in [0.05, 0.1) is 27.2 Å². The number of sulfonamides is 1. The molecule has 1 heterocycles. The van der Waals surface area contributed by atoms with Gasteiger partial charge >= 0.3 is 0 Å². The van der Waals surface area contributed by atoms with E-state index < -0.39 is 39.3 Å². The highest BCUT2D eigenvalue weighted by molar-refractivity contribution is 7.92. The van der Waals surface area contributed by atoms with Gasteiger partial charge < -0.3 is 0 Å². The summed E-state index contributed by atoms with van der Waals surface area (Å²) in [6, 6.07) is 20.6. The Morgan fingerprint density at radius 2 is 1.65 bits per heavy atom. The molecule has 1 aliphatic heterocycles. The van der Waals surface area contributed by atoms with Crippen molar-refractivity contribution in [2.45, 2.75) is 17.9 Å². The van der Waals surface area contributed by atoms with Crippen LogP contribution in [0.5, 0.6) is 0 Å². The fraction of sp³-hybridized carbons (Fsp3) is 0.160. The Morgan fingerprint density at radius 1 is 1.03 bits per heavy atom. The van der Waals surface area contributed by atoms with Crippen molar-refractivity contribution in [3.05, 3.63) is 95.0 Å². The Balaban J connectivity index is 1.70. The van der Waals surface area contributed by atoms with E-state index in [0.717, 1.165) is 10.4 Å². The second-order valence-electron chi connectivity index (χ2n) is 8.19. The molecule has 11 nitrogen and oxygen atoms in total. The highest BCUT2D eigenvalue weighted by Crippen LogP contribution is 2.28. The number of nitro benzene ring substituents is 1. The highest BCUT2D eigenvalue weighted by atomic mass is 32.2. The van der Waals surface area contributed by atoms with Crippen LogP contribution < -0.4 is 9.31 Å². The molecule has 4 rings (SSSR count). The molecule has 0 spiro atoms. The van der Waals surface area contributed by atoms with Gasteiger partial charge in [-0.3, -0.25) is 24.0 Å². The van der Waals surface area contributed by atoms with Crippen molar-refractivity contribution in [2.24, 2.45) is 4.99 Å². The van der Waals surface area contributed by atoms with Crippen molar-refractivity contribution in [1.29, 1.82) is 0 Å². The van der Waals surface area contributed by atoms with Crippen LogP contribution in [0.2, 0.25) is 0 Å². The number of aliphatic imine (C=N–C) groups is 1. The Morgan fingerprint density at radius 3 is 2.27 bits per heavy atom.